The lowest BCUT2D eigenvalue weighted by Gasteiger charge is -2.34. The Kier molecular flexibility index (Phi) is 18.5. The highest BCUT2D eigenvalue weighted by molar-refractivity contribution is 5.95. The van der Waals surface area contributed by atoms with Crippen molar-refractivity contribution in [2.45, 2.75) is 103 Å². The number of morpholine rings is 1. The Bertz CT molecular complexity index is 2050. The Morgan fingerprint density at radius 2 is 1.44 bits per heavy atom. The third-order valence-corrected chi connectivity index (χ3v) is 11.5. The number of rotatable bonds is 23. The minimum atomic E-state index is -1.19. The molecule has 4 amide bonds. The second-order valence-electron chi connectivity index (χ2n) is 17.8. The topological polar surface area (TPSA) is 179 Å². The summed E-state index contributed by atoms with van der Waals surface area (Å²) in [5.74, 6) is -0.335. The fourth-order valence-electron chi connectivity index (χ4n) is 7.77. The summed E-state index contributed by atoms with van der Waals surface area (Å²) in [7, 11) is 0. The number of aliphatic hydroxyl groups excluding tert-OH is 1. The molecule has 0 aliphatic carbocycles. The molecule has 0 saturated carbocycles. The van der Waals surface area contributed by atoms with Gasteiger partial charge in [0.2, 0.25) is 23.6 Å². The average molecular weight is 880 g/mol. The summed E-state index contributed by atoms with van der Waals surface area (Å²) in [6, 6.07) is 21.1. The van der Waals surface area contributed by atoms with E-state index in [9.17, 15) is 29.1 Å². The second-order valence-corrected chi connectivity index (χ2v) is 17.8. The van der Waals surface area contributed by atoms with Gasteiger partial charge >= 0.3 is 5.97 Å². The lowest BCUT2D eigenvalue weighted by Crippen LogP contribution is -2.60. The zero-order valence-electron chi connectivity index (χ0n) is 37.8. The molecule has 5 rings (SSSR count). The van der Waals surface area contributed by atoms with Crippen molar-refractivity contribution in [3.8, 4) is 12.3 Å². The Balaban J connectivity index is 1.43. The SMILES string of the molecule is C#Cc1cccc(C(=O)OCN(C(=O)CN2CCOCC2)C(CCc2ccccc2)C(=O)NC(CC(C)C)C(=O)NC(Cc2ccccc2)C(=O)NC(CC(C)C)C(O)C2(C)CO2)c1. The van der Waals surface area contributed by atoms with Gasteiger partial charge in [0, 0.05) is 25.1 Å². The van der Waals surface area contributed by atoms with E-state index in [-0.39, 0.29) is 43.2 Å². The molecule has 2 fully saturated rings. The van der Waals surface area contributed by atoms with E-state index in [0.717, 1.165) is 11.1 Å². The van der Waals surface area contributed by atoms with Gasteiger partial charge < -0.3 is 35.3 Å². The summed E-state index contributed by atoms with van der Waals surface area (Å²) in [4.78, 5) is 74.6. The molecule has 4 N–H and O–H groups in total. The van der Waals surface area contributed by atoms with Crippen LogP contribution in [0.2, 0.25) is 0 Å². The number of epoxide rings is 1. The third-order valence-electron chi connectivity index (χ3n) is 11.5. The summed E-state index contributed by atoms with van der Waals surface area (Å²) in [5, 5.41) is 20.2. The number of hydrogen-bond acceptors (Lipinski definition) is 10. The van der Waals surface area contributed by atoms with Gasteiger partial charge in [-0.05, 0) is 73.8 Å². The number of hydrogen-bond donors (Lipinski definition) is 4. The van der Waals surface area contributed by atoms with Gasteiger partial charge in [0.25, 0.3) is 0 Å². The highest BCUT2D eigenvalue weighted by Gasteiger charge is 2.50. The summed E-state index contributed by atoms with van der Waals surface area (Å²) in [6.07, 6.45) is 5.93. The number of ether oxygens (including phenoxy) is 3. The molecule has 0 aromatic heterocycles. The molecule has 2 aliphatic rings. The Labute approximate surface area is 377 Å². The van der Waals surface area contributed by atoms with Crippen molar-refractivity contribution in [3.63, 3.8) is 0 Å². The van der Waals surface area contributed by atoms with Crippen LogP contribution in [0.5, 0.6) is 0 Å². The normalized spacial score (nSPS) is 18.4. The number of carbonyl (C=O) groups is 5. The second kappa shape index (κ2) is 23.9. The van der Waals surface area contributed by atoms with Gasteiger partial charge in [0.15, 0.2) is 6.73 Å². The van der Waals surface area contributed by atoms with Crippen molar-refractivity contribution < 1.29 is 43.3 Å². The molecule has 344 valence electrons. The van der Waals surface area contributed by atoms with E-state index in [1.807, 2.05) is 93.3 Å². The van der Waals surface area contributed by atoms with E-state index in [2.05, 4.69) is 21.9 Å². The quantitative estimate of drug-likeness (QED) is 0.0473. The van der Waals surface area contributed by atoms with E-state index in [0.29, 0.717) is 51.3 Å². The molecule has 6 unspecified atom stereocenters. The standard InChI is InChI=1S/C50H65N5O9/c1-7-36-19-14-20-39(29-36)49(61)63-33-55(44(56)31-54-23-25-62-26-24-54)43(22-21-37-15-10-8-11-16-37)48(60)53-41(28-35(4)5)46(58)52-42(30-38-17-12-9-13-18-38)47(59)51-40(27-34(2)3)45(57)50(6)32-64-50/h1,8-20,29,34-35,40-43,45,57H,21-28,30-33H2,2-6H3,(H,51,59)(H,52,58)(H,53,60). The van der Waals surface area contributed by atoms with Crippen molar-refractivity contribution in [2.24, 2.45) is 11.8 Å². The minimum Gasteiger partial charge on any atom is -0.441 e. The molecular formula is C50H65N5O9. The van der Waals surface area contributed by atoms with Gasteiger partial charge in [-0.15, -0.1) is 6.42 Å². The van der Waals surface area contributed by atoms with Crippen LogP contribution < -0.4 is 16.0 Å². The number of aliphatic hydroxyl groups is 1. The van der Waals surface area contributed by atoms with Crippen molar-refractivity contribution in [1.29, 1.82) is 0 Å². The monoisotopic (exact) mass is 879 g/mol. The van der Waals surface area contributed by atoms with Crippen LogP contribution in [0.3, 0.4) is 0 Å². The molecule has 3 aromatic rings. The number of benzene rings is 3. The molecule has 14 nitrogen and oxygen atoms in total. The predicted molar refractivity (Wildman–Crippen MR) is 243 cm³/mol. The first-order valence-corrected chi connectivity index (χ1v) is 22.3. The first-order valence-electron chi connectivity index (χ1n) is 22.3. The van der Waals surface area contributed by atoms with Crippen molar-refractivity contribution >= 4 is 29.6 Å². The van der Waals surface area contributed by atoms with Crippen LogP contribution in [0.15, 0.2) is 84.9 Å². The van der Waals surface area contributed by atoms with Crippen molar-refractivity contribution in [2.75, 3.05) is 46.2 Å². The lowest BCUT2D eigenvalue weighted by molar-refractivity contribution is -0.147. The van der Waals surface area contributed by atoms with Crippen LogP contribution >= 0.6 is 0 Å². The van der Waals surface area contributed by atoms with Crippen LogP contribution in [-0.4, -0.2) is 127 Å². The van der Waals surface area contributed by atoms with Crippen LogP contribution in [0, 0.1) is 24.2 Å². The van der Waals surface area contributed by atoms with Crippen LogP contribution in [0.25, 0.3) is 0 Å². The Hall–Kier alpha value is -5.59. The van der Waals surface area contributed by atoms with E-state index < -0.39 is 72.2 Å². The van der Waals surface area contributed by atoms with Crippen LogP contribution in [-0.2, 0) is 46.2 Å². The average Bonchev–Trinajstić information content (AvgIpc) is 4.04. The van der Waals surface area contributed by atoms with Gasteiger partial charge in [-0.3, -0.25) is 29.0 Å². The number of aryl methyl sites for hydroxylation is 1. The maximum Gasteiger partial charge on any atom is 0.339 e. The van der Waals surface area contributed by atoms with Crippen LogP contribution in [0.1, 0.15) is 80.9 Å². The molecule has 0 radical (unpaired) electrons. The van der Waals surface area contributed by atoms with Gasteiger partial charge in [0.1, 0.15) is 29.8 Å². The fourth-order valence-corrected chi connectivity index (χ4v) is 7.77. The Morgan fingerprint density at radius 3 is 2.05 bits per heavy atom. The first-order chi connectivity index (χ1) is 30.6. The smallest absolute Gasteiger partial charge is 0.339 e. The first kappa shape index (κ1) is 49.4. The van der Waals surface area contributed by atoms with Crippen LogP contribution in [0.4, 0.5) is 0 Å². The van der Waals surface area contributed by atoms with E-state index >= 15 is 0 Å². The highest BCUT2D eigenvalue weighted by Crippen LogP contribution is 2.33. The molecule has 0 bridgehead atoms. The highest BCUT2D eigenvalue weighted by atomic mass is 16.6. The van der Waals surface area contributed by atoms with Crippen molar-refractivity contribution in [1.82, 2.24) is 25.8 Å². The maximum atomic E-state index is 14.8. The van der Waals surface area contributed by atoms with Gasteiger partial charge in [-0.25, -0.2) is 4.79 Å². The summed E-state index contributed by atoms with van der Waals surface area (Å²) < 4.78 is 16.8. The molecular weight excluding hydrogens is 815 g/mol. The molecule has 14 heteroatoms. The number of esters is 1. The molecule has 64 heavy (non-hydrogen) atoms. The molecule has 2 saturated heterocycles. The summed E-state index contributed by atoms with van der Waals surface area (Å²) in [6.45, 7) is 11.2. The number of amides is 4. The van der Waals surface area contributed by atoms with E-state index in [4.69, 9.17) is 20.6 Å². The third kappa shape index (κ3) is 15.0. The number of terminal acetylenes is 1. The van der Waals surface area contributed by atoms with Gasteiger partial charge in [0.05, 0.1) is 38.0 Å². The summed E-state index contributed by atoms with van der Waals surface area (Å²) in [5.41, 5.74) is 1.59. The predicted octanol–water partition coefficient (Wildman–Crippen LogP) is 3.88. The largest absolute Gasteiger partial charge is 0.441 e. The number of nitrogens with one attached hydrogen (secondary N) is 3. The lowest BCUT2D eigenvalue weighted by atomic mass is 9.91. The zero-order chi connectivity index (χ0) is 46.2. The fraction of sp³-hybridized carbons (Fsp3) is 0.500. The minimum absolute atomic E-state index is 0.0629. The van der Waals surface area contributed by atoms with E-state index in [1.54, 1.807) is 25.1 Å². The molecule has 2 heterocycles. The van der Waals surface area contributed by atoms with Crippen molar-refractivity contribution in [3.05, 3.63) is 107 Å². The molecule has 3 aromatic carbocycles. The number of nitrogens with zero attached hydrogens (tertiary/aromatic N) is 2. The summed E-state index contributed by atoms with van der Waals surface area (Å²) >= 11 is 0. The zero-order valence-corrected chi connectivity index (χ0v) is 37.8. The Morgan fingerprint density at radius 1 is 0.828 bits per heavy atom. The maximum absolute atomic E-state index is 14.8. The molecule has 6 atom stereocenters. The van der Waals surface area contributed by atoms with Gasteiger partial charge in [-0.2, -0.15) is 0 Å². The number of carbonyl (C=O) groups excluding carboxylic acids is 5. The molecule has 2 aliphatic heterocycles. The van der Waals surface area contributed by atoms with E-state index in [1.165, 1.54) is 11.0 Å². The van der Waals surface area contributed by atoms with Gasteiger partial charge in [-0.1, -0.05) is 100 Å². The molecule has 0 spiro atoms.